The third-order valence-electron chi connectivity index (χ3n) is 4.40. The maximum atomic E-state index is 14.1. The monoisotopic (exact) mass is 375 g/mol. The molecule has 0 spiro atoms. The van der Waals surface area contributed by atoms with Crippen LogP contribution in [0.15, 0.2) is 35.1 Å². The summed E-state index contributed by atoms with van der Waals surface area (Å²) in [4.78, 5) is 38.2. The summed E-state index contributed by atoms with van der Waals surface area (Å²) in [6.07, 6.45) is -0.913. The molecule has 8 nitrogen and oxygen atoms in total. The number of ether oxygens (including phenoxy) is 1. The van der Waals surface area contributed by atoms with Crippen LogP contribution in [0, 0.1) is 12.7 Å². The first-order valence-electron chi connectivity index (χ1n) is 8.26. The molecule has 0 bridgehead atoms. The second-order valence-corrected chi connectivity index (χ2v) is 6.25. The Hall–Kier alpha value is -3.07. The highest BCUT2D eigenvalue weighted by Crippen LogP contribution is 2.21. The molecule has 0 aliphatic carbocycles. The molecule has 2 heterocycles. The Bertz CT molecular complexity index is 958. The van der Waals surface area contributed by atoms with Gasteiger partial charge in [0.05, 0.1) is 13.2 Å². The molecule has 142 valence electrons. The van der Waals surface area contributed by atoms with Crippen LogP contribution in [0.25, 0.3) is 5.69 Å². The van der Waals surface area contributed by atoms with Gasteiger partial charge in [0.15, 0.2) is 5.69 Å². The van der Waals surface area contributed by atoms with Crippen molar-refractivity contribution in [3.05, 3.63) is 57.8 Å². The number of likely N-dealkylation sites (tertiary alicyclic amines) is 1. The number of aliphatic hydroxyl groups excluding tert-OH is 1. The smallest absolute Gasteiger partial charge is 0.328 e. The molecule has 1 N–H and O–H groups in total. The van der Waals surface area contributed by atoms with Crippen LogP contribution >= 0.6 is 0 Å². The predicted octanol–water partition coefficient (Wildman–Crippen LogP) is 0.428. The number of rotatable bonds is 3. The highest BCUT2D eigenvalue weighted by Gasteiger charge is 2.41. The van der Waals surface area contributed by atoms with Crippen molar-refractivity contribution < 1.29 is 23.8 Å². The van der Waals surface area contributed by atoms with Gasteiger partial charge in [0, 0.05) is 24.7 Å². The molecule has 1 amide bonds. The van der Waals surface area contributed by atoms with E-state index in [9.17, 15) is 23.9 Å². The van der Waals surface area contributed by atoms with Gasteiger partial charge in [0.1, 0.15) is 17.5 Å². The number of halogens is 1. The average molecular weight is 375 g/mol. The average Bonchev–Trinajstić information content (AvgIpc) is 3.03. The molecule has 3 rings (SSSR count). The van der Waals surface area contributed by atoms with E-state index in [1.165, 1.54) is 31.4 Å². The van der Waals surface area contributed by atoms with E-state index in [2.05, 4.69) is 9.84 Å². The van der Waals surface area contributed by atoms with Crippen LogP contribution in [0.1, 0.15) is 22.6 Å². The lowest BCUT2D eigenvalue weighted by molar-refractivity contribution is -0.145. The van der Waals surface area contributed by atoms with E-state index in [4.69, 9.17) is 0 Å². The molecule has 1 fully saturated rings. The van der Waals surface area contributed by atoms with E-state index >= 15 is 0 Å². The quantitative estimate of drug-likeness (QED) is 0.781. The van der Waals surface area contributed by atoms with E-state index < -0.39 is 41.0 Å². The molecule has 0 radical (unpaired) electrons. The molecule has 1 saturated heterocycles. The van der Waals surface area contributed by atoms with Crippen molar-refractivity contribution in [1.82, 2.24) is 14.7 Å². The summed E-state index contributed by atoms with van der Waals surface area (Å²) in [7, 11) is 1.17. The molecule has 1 aromatic carbocycles. The summed E-state index contributed by atoms with van der Waals surface area (Å²) in [6, 6.07) is 5.97. The summed E-state index contributed by atoms with van der Waals surface area (Å²) >= 11 is 0. The number of aromatic nitrogens is 2. The maximum absolute atomic E-state index is 14.1. The van der Waals surface area contributed by atoms with E-state index in [1.807, 2.05) is 0 Å². The van der Waals surface area contributed by atoms with Gasteiger partial charge < -0.3 is 14.7 Å². The summed E-state index contributed by atoms with van der Waals surface area (Å²) in [5.41, 5.74) is -0.704. The van der Waals surface area contributed by atoms with Gasteiger partial charge in [-0.25, -0.2) is 13.9 Å². The number of esters is 1. The van der Waals surface area contributed by atoms with Crippen LogP contribution in [0.4, 0.5) is 4.39 Å². The number of amides is 1. The van der Waals surface area contributed by atoms with Crippen molar-refractivity contribution in [3.8, 4) is 5.69 Å². The van der Waals surface area contributed by atoms with Crippen molar-refractivity contribution >= 4 is 11.9 Å². The number of carbonyl (C=O) groups excluding carboxylic acids is 2. The van der Waals surface area contributed by atoms with Gasteiger partial charge in [-0.1, -0.05) is 12.1 Å². The largest absolute Gasteiger partial charge is 0.467 e. The number of benzene rings is 1. The molecule has 1 aliphatic rings. The van der Waals surface area contributed by atoms with Crippen molar-refractivity contribution in [3.63, 3.8) is 0 Å². The van der Waals surface area contributed by atoms with Gasteiger partial charge in [-0.15, -0.1) is 0 Å². The Labute approximate surface area is 153 Å². The summed E-state index contributed by atoms with van der Waals surface area (Å²) < 4.78 is 19.9. The lowest BCUT2D eigenvalue weighted by atomic mass is 10.2. The van der Waals surface area contributed by atoms with E-state index in [1.54, 1.807) is 13.0 Å². The molecule has 27 heavy (non-hydrogen) atoms. The molecule has 2 atom stereocenters. The molecule has 2 aromatic rings. The van der Waals surface area contributed by atoms with Crippen LogP contribution in [0.3, 0.4) is 0 Å². The van der Waals surface area contributed by atoms with Gasteiger partial charge in [-0.3, -0.25) is 9.59 Å². The lowest BCUT2D eigenvalue weighted by Gasteiger charge is -2.22. The number of hydrogen-bond acceptors (Lipinski definition) is 6. The molecule has 1 aromatic heterocycles. The Morgan fingerprint density at radius 2 is 2.04 bits per heavy atom. The molecule has 9 heteroatoms. The first-order valence-corrected chi connectivity index (χ1v) is 8.26. The van der Waals surface area contributed by atoms with Gasteiger partial charge in [-0.05, 0) is 19.1 Å². The van der Waals surface area contributed by atoms with E-state index in [0.717, 1.165) is 9.58 Å². The Morgan fingerprint density at radius 1 is 1.33 bits per heavy atom. The lowest BCUT2D eigenvalue weighted by Crippen LogP contribution is -2.43. The molecular weight excluding hydrogens is 357 g/mol. The fourth-order valence-electron chi connectivity index (χ4n) is 3.10. The molecule has 0 saturated carbocycles. The number of methoxy groups -OCH3 is 1. The Balaban J connectivity index is 2.05. The minimum atomic E-state index is -1.01. The van der Waals surface area contributed by atoms with Crippen LogP contribution in [-0.2, 0) is 9.53 Å². The van der Waals surface area contributed by atoms with Crippen molar-refractivity contribution in [2.75, 3.05) is 13.7 Å². The number of carbonyl (C=O) groups is 2. The summed E-state index contributed by atoms with van der Waals surface area (Å²) in [6.45, 7) is 1.43. The zero-order valence-corrected chi connectivity index (χ0v) is 14.8. The normalized spacial score (nSPS) is 19.2. The number of aryl methyl sites for hydroxylation is 1. The zero-order chi connectivity index (χ0) is 19.7. The van der Waals surface area contributed by atoms with Gasteiger partial charge in [-0.2, -0.15) is 5.10 Å². The predicted molar refractivity (Wildman–Crippen MR) is 92.0 cm³/mol. The Morgan fingerprint density at radius 3 is 2.70 bits per heavy atom. The van der Waals surface area contributed by atoms with Crippen LogP contribution in [-0.4, -0.2) is 57.5 Å². The van der Waals surface area contributed by atoms with Crippen LogP contribution in [0.2, 0.25) is 0 Å². The highest BCUT2D eigenvalue weighted by atomic mass is 19.1. The van der Waals surface area contributed by atoms with Crippen LogP contribution < -0.4 is 5.43 Å². The fourth-order valence-corrected chi connectivity index (χ4v) is 3.10. The molecular formula is C18H18FN3O5. The maximum Gasteiger partial charge on any atom is 0.328 e. The summed E-state index contributed by atoms with van der Waals surface area (Å²) in [5.74, 6) is -2.09. The number of hydrogen-bond donors (Lipinski definition) is 1. The van der Waals surface area contributed by atoms with Gasteiger partial charge in [0.25, 0.3) is 5.91 Å². The standard InChI is InChI=1S/C18H18FN3O5/c1-10-7-15(24)16(20-22(10)13-6-4-3-5-12(13)19)17(25)21-9-11(23)8-14(21)18(26)27-2/h3-7,11,14,23H,8-9H2,1-2H3/t11-,14?/m1/s1. The van der Waals surface area contributed by atoms with Crippen molar-refractivity contribution in [1.29, 1.82) is 0 Å². The highest BCUT2D eigenvalue weighted by molar-refractivity contribution is 5.95. The fraction of sp³-hybridized carbons (Fsp3) is 0.333. The second-order valence-electron chi connectivity index (χ2n) is 6.25. The van der Waals surface area contributed by atoms with E-state index in [0.29, 0.717) is 5.69 Å². The Kier molecular flexibility index (Phi) is 5.04. The topological polar surface area (TPSA) is 102 Å². The summed E-state index contributed by atoms with van der Waals surface area (Å²) in [5, 5.41) is 13.9. The van der Waals surface area contributed by atoms with Gasteiger partial charge >= 0.3 is 5.97 Å². The van der Waals surface area contributed by atoms with Crippen LogP contribution in [0.5, 0.6) is 0 Å². The zero-order valence-electron chi connectivity index (χ0n) is 14.8. The SMILES string of the molecule is COC(=O)C1C[C@@H](O)CN1C(=O)c1nn(-c2ccccc2F)c(C)cc1=O. The number of aliphatic hydroxyl groups is 1. The number of β-amino-alcohol motifs (C(OH)–C–C–N with tert-alkyl or cyclic N) is 1. The molecule has 1 unspecified atom stereocenters. The minimum Gasteiger partial charge on any atom is -0.467 e. The number of para-hydroxylation sites is 1. The van der Waals surface area contributed by atoms with Crippen molar-refractivity contribution in [2.24, 2.45) is 0 Å². The second kappa shape index (κ2) is 7.28. The van der Waals surface area contributed by atoms with E-state index in [-0.39, 0.29) is 18.7 Å². The third kappa shape index (κ3) is 3.45. The minimum absolute atomic E-state index is 0.00573. The first kappa shape index (κ1) is 18.7. The third-order valence-corrected chi connectivity index (χ3v) is 4.40. The molecule has 1 aliphatic heterocycles. The van der Waals surface area contributed by atoms with Gasteiger partial charge in [0.2, 0.25) is 5.43 Å². The first-order chi connectivity index (χ1) is 12.8. The van der Waals surface area contributed by atoms with Crippen molar-refractivity contribution in [2.45, 2.75) is 25.5 Å². The number of nitrogens with zero attached hydrogens (tertiary/aromatic N) is 3.